The normalized spacial score (nSPS) is 16.7. The molecule has 1 unspecified atom stereocenters. The van der Waals surface area contributed by atoms with E-state index in [0.29, 0.717) is 24.9 Å². The molecule has 1 aromatic heterocycles. The van der Waals surface area contributed by atoms with Crippen LogP contribution in [0.2, 0.25) is 0 Å². The zero-order chi connectivity index (χ0) is 16.9. The number of carbonyl (C=O) groups excluding carboxylic acids is 1. The summed E-state index contributed by atoms with van der Waals surface area (Å²) in [6.45, 7) is 4.74. The van der Waals surface area contributed by atoms with E-state index in [2.05, 4.69) is 24.9 Å². The highest BCUT2D eigenvalue weighted by molar-refractivity contribution is 5.69. The molecule has 126 valence electrons. The van der Waals surface area contributed by atoms with Gasteiger partial charge in [-0.05, 0) is 47.8 Å². The minimum Gasteiger partial charge on any atom is -0.461 e. The van der Waals surface area contributed by atoms with Gasteiger partial charge in [0, 0.05) is 18.3 Å². The quantitative estimate of drug-likeness (QED) is 0.763. The maximum absolute atomic E-state index is 12.1. The van der Waals surface area contributed by atoms with Crippen LogP contribution in [0.5, 0.6) is 0 Å². The molecule has 0 fully saturated rings. The minimum absolute atomic E-state index is 0.105. The van der Waals surface area contributed by atoms with Crippen molar-refractivity contribution >= 4 is 5.97 Å². The molecular formula is C21H25NO2. The first-order valence-electron chi connectivity index (χ1n) is 8.79. The van der Waals surface area contributed by atoms with Crippen LogP contribution >= 0.6 is 0 Å². The Morgan fingerprint density at radius 1 is 1.29 bits per heavy atom. The van der Waals surface area contributed by atoms with Gasteiger partial charge in [0.15, 0.2) is 0 Å². The predicted octanol–water partition coefficient (Wildman–Crippen LogP) is 4.44. The predicted molar refractivity (Wildman–Crippen MR) is 94.7 cm³/mol. The van der Waals surface area contributed by atoms with E-state index < -0.39 is 0 Å². The SMILES string of the molecule is CC(C)c1cnc2c(c1)CCC(CC(=O)OCc1ccccc1)C2. The molecule has 0 saturated heterocycles. The van der Waals surface area contributed by atoms with Crippen molar-refractivity contribution in [1.82, 2.24) is 4.98 Å². The third-order valence-electron chi connectivity index (χ3n) is 4.75. The van der Waals surface area contributed by atoms with Gasteiger partial charge in [-0.3, -0.25) is 9.78 Å². The smallest absolute Gasteiger partial charge is 0.306 e. The summed E-state index contributed by atoms with van der Waals surface area (Å²) in [6, 6.07) is 12.1. The number of hydrogen-bond donors (Lipinski definition) is 0. The molecule has 0 radical (unpaired) electrons. The van der Waals surface area contributed by atoms with Gasteiger partial charge in [0.05, 0.1) is 0 Å². The minimum atomic E-state index is -0.105. The zero-order valence-corrected chi connectivity index (χ0v) is 14.5. The number of aromatic nitrogens is 1. The van der Waals surface area contributed by atoms with E-state index in [0.717, 1.165) is 30.5 Å². The van der Waals surface area contributed by atoms with E-state index in [4.69, 9.17) is 4.74 Å². The summed E-state index contributed by atoms with van der Waals surface area (Å²) in [5.74, 6) is 0.748. The highest BCUT2D eigenvalue weighted by Crippen LogP contribution is 2.28. The number of esters is 1. The molecule has 1 atom stereocenters. The molecule has 1 aliphatic rings. The molecule has 0 amide bonds. The van der Waals surface area contributed by atoms with E-state index in [-0.39, 0.29) is 5.97 Å². The molecule has 3 nitrogen and oxygen atoms in total. The van der Waals surface area contributed by atoms with Gasteiger partial charge in [-0.15, -0.1) is 0 Å². The highest BCUT2D eigenvalue weighted by Gasteiger charge is 2.23. The summed E-state index contributed by atoms with van der Waals surface area (Å²) in [7, 11) is 0. The highest BCUT2D eigenvalue weighted by atomic mass is 16.5. The molecule has 0 saturated carbocycles. The number of carbonyl (C=O) groups is 1. The number of benzene rings is 1. The average Bonchev–Trinajstić information content (AvgIpc) is 2.60. The largest absolute Gasteiger partial charge is 0.461 e. The Hall–Kier alpha value is -2.16. The Balaban J connectivity index is 1.53. The first-order valence-corrected chi connectivity index (χ1v) is 8.79. The lowest BCUT2D eigenvalue weighted by Gasteiger charge is -2.24. The lowest BCUT2D eigenvalue weighted by molar-refractivity contribution is -0.146. The maximum atomic E-state index is 12.1. The zero-order valence-electron chi connectivity index (χ0n) is 14.5. The van der Waals surface area contributed by atoms with Gasteiger partial charge < -0.3 is 4.74 Å². The lowest BCUT2D eigenvalue weighted by Crippen LogP contribution is -2.20. The van der Waals surface area contributed by atoms with Crippen molar-refractivity contribution in [2.45, 2.75) is 52.1 Å². The first kappa shape index (κ1) is 16.7. The number of pyridine rings is 1. The molecule has 24 heavy (non-hydrogen) atoms. The van der Waals surface area contributed by atoms with E-state index >= 15 is 0 Å². The summed E-state index contributed by atoms with van der Waals surface area (Å²) >= 11 is 0. The number of rotatable bonds is 5. The van der Waals surface area contributed by atoms with Gasteiger partial charge in [-0.2, -0.15) is 0 Å². The van der Waals surface area contributed by atoms with Crippen LogP contribution in [-0.2, 0) is 29.0 Å². The average molecular weight is 323 g/mol. The van der Waals surface area contributed by atoms with Crippen molar-refractivity contribution in [3.8, 4) is 0 Å². The van der Waals surface area contributed by atoms with Crippen molar-refractivity contribution in [2.24, 2.45) is 5.92 Å². The van der Waals surface area contributed by atoms with Crippen molar-refractivity contribution in [3.05, 3.63) is 65.0 Å². The first-order chi connectivity index (χ1) is 11.6. The van der Waals surface area contributed by atoms with E-state index in [1.807, 2.05) is 36.5 Å². The Kier molecular flexibility index (Phi) is 5.29. The molecule has 3 heteroatoms. The van der Waals surface area contributed by atoms with Crippen LogP contribution in [0.3, 0.4) is 0 Å². The molecule has 0 bridgehead atoms. The van der Waals surface area contributed by atoms with Gasteiger partial charge in [-0.1, -0.05) is 50.2 Å². The third-order valence-corrected chi connectivity index (χ3v) is 4.75. The summed E-state index contributed by atoms with van der Waals surface area (Å²) in [5.41, 5.74) is 4.85. The van der Waals surface area contributed by atoms with Gasteiger partial charge >= 0.3 is 5.97 Å². The number of fused-ring (bicyclic) bond motifs is 1. The van der Waals surface area contributed by atoms with Crippen molar-refractivity contribution in [3.63, 3.8) is 0 Å². The molecule has 1 heterocycles. The number of hydrogen-bond acceptors (Lipinski definition) is 3. The Morgan fingerprint density at radius 2 is 2.08 bits per heavy atom. The molecule has 2 aromatic rings. The van der Waals surface area contributed by atoms with E-state index in [1.54, 1.807) is 0 Å². The molecule has 0 aliphatic heterocycles. The monoisotopic (exact) mass is 323 g/mol. The van der Waals surface area contributed by atoms with Crippen LogP contribution in [0.15, 0.2) is 42.6 Å². The molecule has 3 rings (SSSR count). The molecular weight excluding hydrogens is 298 g/mol. The Labute approximate surface area is 144 Å². The fourth-order valence-corrected chi connectivity index (χ4v) is 3.22. The topological polar surface area (TPSA) is 39.2 Å². The fraction of sp³-hybridized carbons (Fsp3) is 0.429. The standard InChI is InChI=1S/C21H25NO2/c1-15(2)19-12-18-9-8-17(10-20(18)22-13-19)11-21(23)24-14-16-6-4-3-5-7-16/h3-7,12-13,15,17H,8-11,14H2,1-2H3. The summed E-state index contributed by atoms with van der Waals surface area (Å²) in [5, 5.41) is 0. The van der Waals surface area contributed by atoms with Crippen molar-refractivity contribution < 1.29 is 9.53 Å². The van der Waals surface area contributed by atoms with Crippen molar-refractivity contribution in [1.29, 1.82) is 0 Å². The Bertz CT molecular complexity index is 694. The van der Waals surface area contributed by atoms with Crippen LogP contribution < -0.4 is 0 Å². The number of ether oxygens (including phenoxy) is 1. The van der Waals surface area contributed by atoms with Crippen LogP contribution in [0.25, 0.3) is 0 Å². The Morgan fingerprint density at radius 3 is 2.83 bits per heavy atom. The molecule has 1 aromatic carbocycles. The number of nitrogens with zero attached hydrogens (tertiary/aromatic N) is 1. The molecule has 0 N–H and O–H groups in total. The van der Waals surface area contributed by atoms with Gasteiger partial charge in [0.2, 0.25) is 0 Å². The van der Waals surface area contributed by atoms with Crippen LogP contribution in [0, 0.1) is 5.92 Å². The van der Waals surface area contributed by atoms with Gasteiger partial charge in [0.1, 0.15) is 6.61 Å². The second kappa shape index (κ2) is 7.61. The van der Waals surface area contributed by atoms with E-state index in [9.17, 15) is 4.79 Å². The number of aryl methyl sites for hydroxylation is 1. The van der Waals surface area contributed by atoms with Crippen molar-refractivity contribution in [2.75, 3.05) is 0 Å². The summed E-state index contributed by atoms with van der Waals surface area (Å²) in [6.07, 6.45) is 5.41. The van der Waals surface area contributed by atoms with E-state index in [1.165, 1.54) is 11.1 Å². The van der Waals surface area contributed by atoms with Gasteiger partial charge in [-0.25, -0.2) is 0 Å². The maximum Gasteiger partial charge on any atom is 0.306 e. The van der Waals surface area contributed by atoms with Crippen LogP contribution in [-0.4, -0.2) is 11.0 Å². The summed E-state index contributed by atoms with van der Waals surface area (Å²) in [4.78, 5) is 16.7. The molecule has 1 aliphatic carbocycles. The third kappa shape index (κ3) is 4.22. The second-order valence-corrected chi connectivity index (χ2v) is 6.99. The van der Waals surface area contributed by atoms with Crippen LogP contribution in [0.4, 0.5) is 0 Å². The second-order valence-electron chi connectivity index (χ2n) is 6.99. The van der Waals surface area contributed by atoms with Gasteiger partial charge in [0.25, 0.3) is 0 Å². The summed E-state index contributed by atoms with van der Waals surface area (Å²) < 4.78 is 5.41. The van der Waals surface area contributed by atoms with Crippen LogP contribution in [0.1, 0.15) is 55.0 Å². The fourth-order valence-electron chi connectivity index (χ4n) is 3.22. The lowest BCUT2D eigenvalue weighted by atomic mass is 9.84. The molecule has 0 spiro atoms.